The van der Waals surface area contributed by atoms with Crippen molar-refractivity contribution in [2.75, 3.05) is 27.2 Å². The number of hydrogen-bond acceptors (Lipinski definition) is 3. The lowest BCUT2D eigenvalue weighted by Crippen LogP contribution is -2.31. The summed E-state index contributed by atoms with van der Waals surface area (Å²) in [5.41, 5.74) is 0. The lowest BCUT2D eigenvalue weighted by molar-refractivity contribution is -0.180. The third kappa shape index (κ3) is 28.2. The van der Waals surface area contributed by atoms with Crippen LogP contribution in [-0.2, 0) is 9.47 Å². The summed E-state index contributed by atoms with van der Waals surface area (Å²) in [4.78, 5) is 2.25. The highest BCUT2D eigenvalue weighted by molar-refractivity contribution is 4.98. The molecule has 0 bridgehead atoms. The zero-order chi connectivity index (χ0) is 34.6. The molecule has 0 aromatic rings. The second-order valence-electron chi connectivity index (χ2n) is 14.2. The first-order valence-electron chi connectivity index (χ1n) is 20.5. The molecular weight excluding hydrogens is 587 g/mol. The van der Waals surface area contributed by atoms with E-state index < -0.39 is 0 Å². The first-order valence-corrected chi connectivity index (χ1v) is 20.5. The van der Waals surface area contributed by atoms with Crippen molar-refractivity contribution in [3.63, 3.8) is 0 Å². The third-order valence-electron chi connectivity index (χ3n) is 9.21. The van der Waals surface area contributed by atoms with Gasteiger partial charge in [-0.3, -0.25) is 0 Å². The molecule has 0 spiro atoms. The van der Waals surface area contributed by atoms with Gasteiger partial charge in [-0.15, -0.1) is 0 Å². The van der Waals surface area contributed by atoms with Crippen LogP contribution in [0.4, 0.5) is 0 Å². The molecule has 3 nitrogen and oxygen atoms in total. The molecule has 0 aromatic carbocycles. The topological polar surface area (TPSA) is 21.7 Å². The van der Waals surface area contributed by atoms with Gasteiger partial charge in [-0.2, -0.15) is 0 Å². The Bertz CT molecular complexity index is 808. The van der Waals surface area contributed by atoms with Gasteiger partial charge in [0.2, 0.25) is 0 Å². The fourth-order valence-corrected chi connectivity index (χ4v) is 6.15. The zero-order valence-corrected chi connectivity index (χ0v) is 32.4. The predicted octanol–water partition coefficient (Wildman–Crippen LogP) is 13.8. The average Bonchev–Trinajstić information content (AvgIpc) is 3.49. The van der Waals surface area contributed by atoms with Gasteiger partial charge in [0.15, 0.2) is 5.79 Å². The highest BCUT2D eigenvalue weighted by atomic mass is 16.7. The number of ether oxygens (including phenoxy) is 2. The molecule has 0 amide bonds. The summed E-state index contributed by atoms with van der Waals surface area (Å²) in [6.07, 6.45) is 58.4. The Hall–Kier alpha value is -1.68. The van der Waals surface area contributed by atoms with Crippen molar-refractivity contribution in [2.24, 2.45) is 0 Å². The lowest BCUT2D eigenvalue weighted by atomic mass is 9.99. The minimum Gasteiger partial charge on any atom is -0.347 e. The van der Waals surface area contributed by atoms with Crippen molar-refractivity contribution in [3.05, 3.63) is 72.9 Å². The second-order valence-corrected chi connectivity index (χ2v) is 14.2. The normalized spacial score (nSPS) is 17.1. The van der Waals surface area contributed by atoms with E-state index in [2.05, 4.69) is 106 Å². The molecule has 48 heavy (non-hydrogen) atoms. The molecule has 0 aliphatic carbocycles. The van der Waals surface area contributed by atoms with Gasteiger partial charge in [-0.05, 0) is 110 Å². The predicted molar refractivity (Wildman–Crippen MR) is 214 cm³/mol. The first kappa shape index (κ1) is 44.3. The number of rotatable bonds is 33. The van der Waals surface area contributed by atoms with Crippen LogP contribution in [0.25, 0.3) is 0 Å². The number of unbranched alkanes of at least 4 members (excludes halogenated alkanes) is 14. The molecule has 1 atom stereocenters. The standard InChI is InChI=1S/C45H79NO2/c1-5-7-9-11-13-15-17-19-21-23-25-27-29-31-33-35-37-40-45(47-43-44(48-45)39-42-46(3)4)41-38-36-34-32-30-28-26-24-22-20-18-16-14-12-10-8-6-2/h13-16,19-22,25-28,44H,5-12,17-18,23-24,29-43H2,1-4H3/b15-13-,16-14-,21-19-,22-20-,27-25-,28-26-. The molecule has 1 aliphatic rings. The van der Waals surface area contributed by atoms with Crippen LogP contribution in [-0.4, -0.2) is 44.0 Å². The van der Waals surface area contributed by atoms with E-state index in [0.717, 1.165) is 58.1 Å². The monoisotopic (exact) mass is 666 g/mol. The fourth-order valence-electron chi connectivity index (χ4n) is 6.15. The molecule has 1 fully saturated rings. The summed E-state index contributed by atoms with van der Waals surface area (Å²) in [6, 6.07) is 0. The molecule has 1 rings (SSSR count). The summed E-state index contributed by atoms with van der Waals surface area (Å²) in [6.45, 7) is 6.34. The molecule has 3 heteroatoms. The van der Waals surface area contributed by atoms with Crippen molar-refractivity contribution >= 4 is 0 Å². The van der Waals surface area contributed by atoms with Crippen LogP contribution in [0.15, 0.2) is 72.9 Å². The molecule has 1 unspecified atom stereocenters. The first-order chi connectivity index (χ1) is 23.6. The Kier molecular flexibility index (Phi) is 31.2. The quantitative estimate of drug-likeness (QED) is 0.0514. The summed E-state index contributed by atoms with van der Waals surface area (Å²) in [5.74, 6) is -0.342. The van der Waals surface area contributed by atoms with Crippen LogP contribution < -0.4 is 0 Å². The van der Waals surface area contributed by atoms with Gasteiger partial charge in [-0.1, -0.05) is 138 Å². The van der Waals surface area contributed by atoms with Crippen molar-refractivity contribution in [1.82, 2.24) is 4.90 Å². The molecule has 276 valence electrons. The zero-order valence-electron chi connectivity index (χ0n) is 32.4. The summed E-state index contributed by atoms with van der Waals surface area (Å²) < 4.78 is 13.1. The highest BCUT2D eigenvalue weighted by Gasteiger charge is 2.40. The molecule has 0 aromatic heterocycles. The number of allylic oxidation sites excluding steroid dienone is 12. The van der Waals surface area contributed by atoms with Gasteiger partial charge in [0.1, 0.15) is 0 Å². The van der Waals surface area contributed by atoms with E-state index >= 15 is 0 Å². The maximum Gasteiger partial charge on any atom is 0.168 e. The van der Waals surface area contributed by atoms with E-state index in [1.165, 1.54) is 116 Å². The van der Waals surface area contributed by atoms with E-state index in [4.69, 9.17) is 9.47 Å². The fraction of sp³-hybridized carbons (Fsp3) is 0.733. The van der Waals surface area contributed by atoms with Gasteiger partial charge >= 0.3 is 0 Å². The van der Waals surface area contributed by atoms with Crippen LogP contribution in [0.1, 0.15) is 174 Å². The van der Waals surface area contributed by atoms with Gasteiger partial charge in [-0.25, -0.2) is 0 Å². The van der Waals surface area contributed by atoms with Gasteiger partial charge in [0.05, 0.1) is 12.7 Å². The molecule has 1 aliphatic heterocycles. The lowest BCUT2D eigenvalue weighted by Gasteiger charge is -2.28. The van der Waals surface area contributed by atoms with Crippen LogP contribution >= 0.6 is 0 Å². The van der Waals surface area contributed by atoms with Crippen LogP contribution in [0.3, 0.4) is 0 Å². The van der Waals surface area contributed by atoms with Gasteiger partial charge in [0, 0.05) is 19.4 Å². The second kappa shape index (κ2) is 33.8. The molecule has 1 heterocycles. The minimum atomic E-state index is -0.342. The average molecular weight is 666 g/mol. The summed E-state index contributed by atoms with van der Waals surface area (Å²) in [7, 11) is 4.29. The largest absolute Gasteiger partial charge is 0.347 e. The SMILES string of the molecule is CCCCC/C=C\C/C=C\C/C=C\CCCCCCC1(CCCCCC/C=C\C/C=C\C/C=C\CCCCC)OCC(CCN(C)C)O1. The van der Waals surface area contributed by atoms with Crippen molar-refractivity contribution in [2.45, 2.75) is 186 Å². The van der Waals surface area contributed by atoms with Gasteiger partial charge in [0.25, 0.3) is 0 Å². The summed E-state index contributed by atoms with van der Waals surface area (Å²) >= 11 is 0. The van der Waals surface area contributed by atoms with Crippen molar-refractivity contribution in [1.29, 1.82) is 0 Å². The maximum absolute atomic E-state index is 6.66. The van der Waals surface area contributed by atoms with Crippen molar-refractivity contribution in [3.8, 4) is 0 Å². The van der Waals surface area contributed by atoms with E-state index in [1.54, 1.807) is 0 Å². The van der Waals surface area contributed by atoms with Gasteiger partial charge < -0.3 is 14.4 Å². The van der Waals surface area contributed by atoms with E-state index in [0.29, 0.717) is 0 Å². The Labute approximate surface area is 300 Å². The van der Waals surface area contributed by atoms with Crippen LogP contribution in [0.2, 0.25) is 0 Å². The van der Waals surface area contributed by atoms with Crippen molar-refractivity contribution < 1.29 is 9.47 Å². The minimum absolute atomic E-state index is 0.245. The Morgan fingerprint density at radius 2 is 0.875 bits per heavy atom. The van der Waals surface area contributed by atoms with E-state index in [-0.39, 0.29) is 11.9 Å². The van der Waals surface area contributed by atoms with E-state index in [1.807, 2.05) is 0 Å². The maximum atomic E-state index is 6.66. The smallest absolute Gasteiger partial charge is 0.168 e. The molecular formula is C45H79NO2. The molecule has 1 saturated heterocycles. The highest BCUT2D eigenvalue weighted by Crippen LogP contribution is 2.35. The molecule has 0 saturated carbocycles. The third-order valence-corrected chi connectivity index (χ3v) is 9.21. The summed E-state index contributed by atoms with van der Waals surface area (Å²) in [5, 5.41) is 0. The van der Waals surface area contributed by atoms with Crippen LogP contribution in [0, 0.1) is 0 Å². The number of hydrogen-bond donors (Lipinski definition) is 0. The van der Waals surface area contributed by atoms with Crippen LogP contribution in [0.5, 0.6) is 0 Å². The molecule has 0 N–H and O–H groups in total. The Balaban J connectivity index is 2.20. The van der Waals surface area contributed by atoms with E-state index in [9.17, 15) is 0 Å². The Morgan fingerprint density at radius 3 is 1.27 bits per heavy atom. The Morgan fingerprint density at radius 1 is 0.500 bits per heavy atom. The molecule has 0 radical (unpaired) electrons. The number of nitrogens with zero attached hydrogens (tertiary/aromatic N) is 1.